The summed E-state index contributed by atoms with van der Waals surface area (Å²) in [5.74, 6) is -0.0787. The van der Waals surface area contributed by atoms with Crippen LogP contribution < -0.4 is 15.6 Å². The summed E-state index contributed by atoms with van der Waals surface area (Å²) in [5, 5.41) is 1.12. The molecule has 0 saturated carbocycles. The molecule has 32 heavy (non-hydrogen) atoms. The Morgan fingerprint density at radius 2 is 1.62 bits per heavy atom. The van der Waals surface area contributed by atoms with Gasteiger partial charge in [-0.1, -0.05) is 42.5 Å². The minimum atomic E-state index is -0.420. The number of nitrogens with one attached hydrogen (secondary N) is 3. The molecule has 0 spiro atoms. The fourth-order valence-corrected chi connectivity index (χ4v) is 3.52. The van der Waals surface area contributed by atoms with Gasteiger partial charge >= 0.3 is 0 Å². The summed E-state index contributed by atoms with van der Waals surface area (Å²) in [5.41, 5.74) is 8.84. The second-order valence-corrected chi connectivity index (χ2v) is 7.29. The average molecular weight is 428 g/mol. The van der Waals surface area contributed by atoms with Gasteiger partial charge in [0.1, 0.15) is 5.75 Å². The van der Waals surface area contributed by atoms with Gasteiger partial charge in [0.15, 0.2) is 6.61 Å². The molecule has 7 nitrogen and oxygen atoms in total. The van der Waals surface area contributed by atoms with Gasteiger partial charge in [-0.2, -0.15) is 0 Å². The van der Waals surface area contributed by atoms with Gasteiger partial charge in [-0.3, -0.25) is 25.4 Å². The van der Waals surface area contributed by atoms with Crippen LogP contribution in [0.4, 0.5) is 0 Å². The zero-order valence-corrected chi connectivity index (χ0v) is 17.5. The molecule has 2 amide bonds. The molecule has 0 saturated heterocycles. The van der Waals surface area contributed by atoms with Crippen molar-refractivity contribution in [2.75, 3.05) is 6.61 Å². The molecular formula is C25H24N4O3. The van der Waals surface area contributed by atoms with E-state index < -0.39 is 5.91 Å². The van der Waals surface area contributed by atoms with Gasteiger partial charge in [0.2, 0.25) is 5.91 Å². The van der Waals surface area contributed by atoms with Crippen LogP contribution in [0.2, 0.25) is 0 Å². The normalized spacial score (nSPS) is 10.6. The molecule has 0 aliphatic carbocycles. The van der Waals surface area contributed by atoms with E-state index in [2.05, 4.69) is 26.9 Å². The monoisotopic (exact) mass is 428 g/mol. The molecule has 2 aromatic heterocycles. The highest BCUT2D eigenvalue weighted by molar-refractivity contribution is 5.90. The smallest absolute Gasteiger partial charge is 0.276 e. The number of para-hydroxylation sites is 2. The lowest BCUT2D eigenvalue weighted by Crippen LogP contribution is -2.43. The number of hydrogen-bond acceptors (Lipinski definition) is 4. The summed E-state index contributed by atoms with van der Waals surface area (Å²) in [6, 6.07) is 22.9. The lowest BCUT2D eigenvalue weighted by atomic mass is 10.0. The van der Waals surface area contributed by atoms with E-state index in [1.165, 1.54) is 0 Å². The zero-order valence-electron chi connectivity index (χ0n) is 17.5. The number of rotatable bonds is 8. The van der Waals surface area contributed by atoms with Gasteiger partial charge in [0.25, 0.3) is 5.91 Å². The molecule has 4 aromatic rings. The first-order valence-corrected chi connectivity index (χ1v) is 10.5. The van der Waals surface area contributed by atoms with Crippen LogP contribution in [0.25, 0.3) is 22.3 Å². The highest BCUT2D eigenvalue weighted by Crippen LogP contribution is 2.30. The third-order valence-electron chi connectivity index (χ3n) is 5.02. The van der Waals surface area contributed by atoms with Crippen LogP contribution in [-0.2, 0) is 16.0 Å². The second-order valence-electron chi connectivity index (χ2n) is 7.29. The number of H-pyrrole nitrogens is 1. The maximum absolute atomic E-state index is 12.2. The number of pyridine rings is 1. The fraction of sp³-hybridized carbons (Fsp3) is 0.160. The van der Waals surface area contributed by atoms with Crippen molar-refractivity contribution in [3.05, 3.63) is 84.6 Å². The number of benzene rings is 2. The van der Waals surface area contributed by atoms with Crippen LogP contribution in [0.15, 0.2) is 79.0 Å². The van der Waals surface area contributed by atoms with Gasteiger partial charge in [-0.05, 0) is 48.7 Å². The Hall–Kier alpha value is -4.13. The van der Waals surface area contributed by atoms with Crippen molar-refractivity contribution in [3.63, 3.8) is 0 Å². The summed E-state index contributed by atoms with van der Waals surface area (Å²) in [4.78, 5) is 32.0. The molecule has 4 rings (SSSR count). The van der Waals surface area contributed by atoms with Gasteiger partial charge in [-0.25, -0.2) is 0 Å². The minimum Gasteiger partial charge on any atom is -0.484 e. The first kappa shape index (κ1) is 21.1. The topological polar surface area (TPSA) is 96.1 Å². The third-order valence-corrected chi connectivity index (χ3v) is 5.02. The first-order valence-electron chi connectivity index (χ1n) is 10.5. The van der Waals surface area contributed by atoms with E-state index in [9.17, 15) is 9.59 Å². The quantitative estimate of drug-likeness (QED) is 0.372. The predicted octanol–water partition coefficient (Wildman–Crippen LogP) is 3.78. The van der Waals surface area contributed by atoms with Crippen LogP contribution in [0.1, 0.15) is 18.4 Å². The Bertz CT molecular complexity index is 1190. The van der Waals surface area contributed by atoms with E-state index in [0.717, 1.165) is 27.9 Å². The highest BCUT2D eigenvalue weighted by atomic mass is 16.5. The molecule has 2 aromatic carbocycles. The number of fused-ring (bicyclic) bond motifs is 1. The molecule has 2 heterocycles. The maximum atomic E-state index is 12.2. The predicted molar refractivity (Wildman–Crippen MR) is 123 cm³/mol. The van der Waals surface area contributed by atoms with E-state index in [1.807, 2.05) is 54.6 Å². The number of carbonyl (C=O) groups is 2. The summed E-state index contributed by atoms with van der Waals surface area (Å²) in [6.45, 7) is -0.174. The largest absolute Gasteiger partial charge is 0.484 e. The van der Waals surface area contributed by atoms with Crippen molar-refractivity contribution in [1.82, 2.24) is 20.8 Å². The minimum absolute atomic E-state index is 0.174. The number of ether oxygens (including phenoxy) is 1. The lowest BCUT2D eigenvalue weighted by Gasteiger charge is -2.09. The van der Waals surface area contributed by atoms with Crippen molar-refractivity contribution < 1.29 is 14.3 Å². The van der Waals surface area contributed by atoms with E-state index in [0.29, 0.717) is 18.6 Å². The Labute approximate surface area is 185 Å². The van der Waals surface area contributed by atoms with E-state index in [4.69, 9.17) is 4.74 Å². The van der Waals surface area contributed by atoms with Crippen LogP contribution in [0.5, 0.6) is 5.75 Å². The Morgan fingerprint density at radius 1 is 0.875 bits per heavy atom. The molecule has 0 radical (unpaired) electrons. The van der Waals surface area contributed by atoms with Gasteiger partial charge in [-0.15, -0.1) is 0 Å². The van der Waals surface area contributed by atoms with Crippen molar-refractivity contribution in [1.29, 1.82) is 0 Å². The number of hydrazine groups is 1. The summed E-state index contributed by atoms with van der Waals surface area (Å²) >= 11 is 0. The zero-order chi connectivity index (χ0) is 22.2. The Kier molecular flexibility index (Phi) is 6.77. The van der Waals surface area contributed by atoms with Crippen molar-refractivity contribution >= 4 is 22.7 Å². The maximum Gasteiger partial charge on any atom is 0.276 e. The standard InChI is InChI=1S/C25H24N4O3/c30-23(28-29-24(31)17-32-18-9-2-1-3-10-18)15-8-12-20-19-11-4-5-13-21(19)27-25(20)22-14-6-7-16-26-22/h1-7,9-11,13-14,16,27H,8,12,15,17H2,(H,28,30)(H,29,31). The summed E-state index contributed by atoms with van der Waals surface area (Å²) in [6.07, 6.45) is 3.38. The molecule has 0 bridgehead atoms. The van der Waals surface area contributed by atoms with Gasteiger partial charge in [0, 0.05) is 23.5 Å². The van der Waals surface area contributed by atoms with Crippen LogP contribution in [0.3, 0.4) is 0 Å². The molecule has 7 heteroatoms. The molecule has 0 atom stereocenters. The molecule has 162 valence electrons. The summed E-state index contributed by atoms with van der Waals surface area (Å²) in [7, 11) is 0. The number of nitrogens with zero attached hydrogens (tertiary/aromatic N) is 1. The van der Waals surface area contributed by atoms with E-state index in [-0.39, 0.29) is 18.9 Å². The summed E-state index contributed by atoms with van der Waals surface area (Å²) < 4.78 is 5.35. The number of aromatic amines is 1. The van der Waals surface area contributed by atoms with Crippen molar-refractivity contribution in [3.8, 4) is 17.1 Å². The molecule has 3 N–H and O–H groups in total. The highest BCUT2D eigenvalue weighted by Gasteiger charge is 2.14. The average Bonchev–Trinajstić information content (AvgIpc) is 3.21. The molecule has 0 fully saturated rings. The number of carbonyl (C=O) groups excluding carboxylic acids is 2. The number of amides is 2. The Morgan fingerprint density at radius 3 is 2.44 bits per heavy atom. The number of aryl methyl sites for hydroxylation is 1. The fourth-order valence-electron chi connectivity index (χ4n) is 3.52. The second kappa shape index (κ2) is 10.3. The van der Waals surface area contributed by atoms with E-state index in [1.54, 1.807) is 18.3 Å². The lowest BCUT2D eigenvalue weighted by molar-refractivity contribution is -0.130. The van der Waals surface area contributed by atoms with Crippen molar-refractivity contribution in [2.45, 2.75) is 19.3 Å². The van der Waals surface area contributed by atoms with Crippen molar-refractivity contribution in [2.24, 2.45) is 0 Å². The first-order chi connectivity index (χ1) is 15.7. The molecular weight excluding hydrogens is 404 g/mol. The molecule has 0 aliphatic heterocycles. The Balaban J connectivity index is 1.29. The van der Waals surface area contributed by atoms with E-state index >= 15 is 0 Å². The third kappa shape index (κ3) is 5.31. The SMILES string of the molecule is O=C(CCCc1c(-c2ccccn2)[nH]c2ccccc12)NNC(=O)COc1ccccc1. The van der Waals surface area contributed by atoms with Gasteiger partial charge < -0.3 is 9.72 Å². The molecule has 0 aliphatic rings. The van der Waals surface area contributed by atoms with Gasteiger partial charge in [0.05, 0.1) is 11.4 Å². The molecule has 0 unspecified atom stereocenters. The van der Waals surface area contributed by atoms with Crippen LogP contribution in [-0.4, -0.2) is 28.4 Å². The van der Waals surface area contributed by atoms with Crippen LogP contribution in [0, 0.1) is 0 Å². The number of aromatic nitrogens is 2. The number of hydrogen-bond donors (Lipinski definition) is 3. The van der Waals surface area contributed by atoms with Crippen LogP contribution >= 0.6 is 0 Å².